The third kappa shape index (κ3) is 4.35. The summed E-state index contributed by atoms with van der Waals surface area (Å²) in [7, 11) is 1.42. The third-order valence-electron chi connectivity index (χ3n) is 5.25. The molecule has 1 aliphatic rings. The van der Waals surface area contributed by atoms with Gasteiger partial charge in [-0.2, -0.15) is 18.4 Å². The van der Waals surface area contributed by atoms with Crippen molar-refractivity contribution in [2.45, 2.75) is 26.1 Å². The van der Waals surface area contributed by atoms with Gasteiger partial charge in [-0.1, -0.05) is 0 Å². The van der Waals surface area contributed by atoms with Gasteiger partial charge in [0.1, 0.15) is 17.6 Å². The lowest BCUT2D eigenvalue weighted by atomic mass is 10.0. The van der Waals surface area contributed by atoms with Crippen LogP contribution in [0.15, 0.2) is 28.7 Å². The van der Waals surface area contributed by atoms with E-state index >= 15 is 0 Å². The molecule has 0 aliphatic carbocycles. The summed E-state index contributed by atoms with van der Waals surface area (Å²) in [5.41, 5.74) is -1.01. The summed E-state index contributed by atoms with van der Waals surface area (Å²) < 4.78 is 45.6. The molecule has 10 heteroatoms. The van der Waals surface area contributed by atoms with E-state index in [0.29, 0.717) is 17.1 Å². The normalized spacial score (nSPS) is 16.7. The lowest BCUT2D eigenvalue weighted by molar-refractivity contribution is -0.137. The largest absolute Gasteiger partial charge is 0.466 e. The van der Waals surface area contributed by atoms with Crippen LogP contribution in [-0.4, -0.2) is 49.4 Å². The molecule has 0 radical (unpaired) electrons. The maximum atomic E-state index is 13.4. The summed E-state index contributed by atoms with van der Waals surface area (Å²) in [4.78, 5) is 28.5. The number of rotatable bonds is 3. The lowest BCUT2D eigenvalue weighted by Crippen LogP contribution is -2.60. The Morgan fingerprint density at radius 2 is 1.94 bits per heavy atom. The van der Waals surface area contributed by atoms with Crippen molar-refractivity contribution in [1.82, 2.24) is 10.2 Å². The molecule has 1 atom stereocenters. The van der Waals surface area contributed by atoms with E-state index in [-0.39, 0.29) is 31.2 Å². The molecule has 2 heterocycles. The topological polar surface area (TPSA) is 89.6 Å². The minimum absolute atomic E-state index is 0.0104. The minimum atomic E-state index is -4.71. The molecule has 164 valence electrons. The fourth-order valence-corrected chi connectivity index (χ4v) is 3.72. The van der Waals surface area contributed by atoms with Crippen molar-refractivity contribution in [1.29, 1.82) is 5.26 Å². The number of amides is 2. The number of halogens is 3. The predicted octanol–water partition coefficient (Wildman–Crippen LogP) is 2.86. The lowest BCUT2D eigenvalue weighted by Gasteiger charge is -2.41. The number of nitrogens with zero attached hydrogens (tertiary/aromatic N) is 3. The average Bonchev–Trinajstić information content (AvgIpc) is 3.08. The quantitative estimate of drug-likeness (QED) is 0.803. The molecule has 31 heavy (non-hydrogen) atoms. The van der Waals surface area contributed by atoms with E-state index in [1.54, 1.807) is 26.0 Å². The predicted molar refractivity (Wildman–Crippen MR) is 105 cm³/mol. The average molecular weight is 434 g/mol. The van der Waals surface area contributed by atoms with E-state index in [4.69, 9.17) is 9.68 Å². The smallest absolute Gasteiger partial charge is 0.417 e. The number of piperazine rings is 1. The number of anilines is 1. The van der Waals surface area contributed by atoms with Crippen LogP contribution in [-0.2, 0) is 11.0 Å². The Morgan fingerprint density at radius 3 is 2.48 bits per heavy atom. The summed E-state index contributed by atoms with van der Waals surface area (Å²) >= 11 is 0. The molecule has 1 fully saturated rings. The van der Waals surface area contributed by atoms with E-state index < -0.39 is 29.3 Å². The molecule has 2 amide bonds. The van der Waals surface area contributed by atoms with Crippen LogP contribution in [0, 0.1) is 25.2 Å². The van der Waals surface area contributed by atoms with Crippen molar-refractivity contribution in [3.05, 3.63) is 52.5 Å². The molecule has 0 saturated carbocycles. The summed E-state index contributed by atoms with van der Waals surface area (Å²) in [5.74, 6) is 0.303. The van der Waals surface area contributed by atoms with E-state index in [2.05, 4.69) is 5.32 Å². The number of nitriles is 1. The van der Waals surface area contributed by atoms with Gasteiger partial charge >= 0.3 is 6.18 Å². The maximum absolute atomic E-state index is 13.4. The van der Waals surface area contributed by atoms with Gasteiger partial charge in [0.25, 0.3) is 5.91 Å². The van der Waals surface area contributed by atoms with Crippen molar-refractivity contribution in [3.8, 4) is 6.07 Å². The van der Waals surface area contributed by atoms with Crippen LogP contribution in [0.2, 0.25) is 0 Å². The number of hydrogen-bond donors (Lipinski definition) is 1. The maximum Gasteiger partial charge on any atom is 0.417 e. The Balaban J connectivity index is 1.93. The zero-order valence-electron chi connectivity index (χ0n) is 17.2. The van der Waals surface area contributed by atoms with Crippen LogP contribution in [0.25, 0.3) is 0 Å². The van der Waals surface area contributed by atoms with Gasteiger partial charge in [0, 0.05) is 25.8 Å². The molecule has 1 unspecified atom stereocenters. The standard InChI is InChI=1S/C21H21F3N4O3/c1-12-8-16(13(2)31-12)20(30)27-6-7-28(18(11-27)19(29)26-3)15-5-4-14(10-25)17(9-15)21(22,23)24/h4-5,8-9,18H,6-7,11H2,1-3H3,(H,26,29). The Bertz CT molecular complexity index is 1060. The number of likely N-dealkylation sites (N-methyl/N-ethyl adjacent to an activating group) is 1. The number of carbonyl (C=O) groups is 2. The number of carbonyl (C=O) groups excluding carboxylic acids is 2. The molecule has 1 aromatic heterocycles. The van der Waals surface area contributed by atoms with E-state index in [0.717, 1.165) is 12.1 Å². The van der Waals surface area contributed by atoms with Crippen LogP contribution < -0.4 is 10.2 Å². The number of benzene rings is 1. The van der Waals surface area contributed by atoms with E-state index in [1.807, 2.05) is 0 Å². The van der Waals surface area contributed by atoms with Gasteiger partial charge in [-0.3, -0.25) is 9.59 Å². The monoisotopic (exact) mass is 434 g/mol. The molecule has 0 spiro atoms. The SMILES string of the molecule is CNC(=O)C1CN(C(=O)c2cc(C)oc2C)CCN1c1ccc(C#N)c(C(F)(F)F)c1. The first-order valence-electron chi connectivity index (χ1n) is 9.52. The second-order valence-electron chi connectivity index (χ2n) is 7.24. The number of aryl methyl sites for hydroxylation is 2. The molecule has 2 aromatic rings. The Morgan fingerprint density at radius 1 is 1.23 bits per heavy atom. The zero-order valence-corrected chi connectivity index (χ0v) is 17.2. The van der Waals surface area contributed by atoms with Crippen LogP contribution in [0.3, 0.4) is 0 Å². The fraction of sp³-hybridized carbons (Fsp3) is 0.381. The highest BCUT2D eigenvalue weighted by Gasteiger charge is 2.38. The van der Waals surface area contributed by atoms with Gasteiger partial charge in [-0.15, -0.1) is 0 Å². The van der Waals surface area contributed by atoms with Crippen molar-refractivity contribution in [3.63, 3.8) is 0 Å². The highest BCUT2D eigenvalue weighted by Crippen LogP contribution is 2.35. The summed E-state index contributed by atoms with van der Waals surface area (Å²) in [5, 5.41) is 11.5. The van der Waals surface area contributed by atoms with Gasteiger partial charge in [0.05, 0.1) is 29.3 Å². The minimum Gasteiger partial charge on any atom is -0.466 e. The van der Waals surface area contributed by atoms with Crippen LogP contribution in [0.1, 0.15) is 33.0 Å². The summed E-state index contributed by atoms with van der Waals surface area (Å²) in [6.07, 6.45) is -4.71. The first-order chi connectivity index (χ1) is 14.6. The van der Waals surface area contributed by atoms with Gasteiger partial charge in [-0.05, 0) is 38.1 Å². The fourth-order valence-electron chi connectivity index (χ4n) is 3.72. The molecule has 1 saturated heterocycles. The highest BCUT2D eigenvalue weighted by molar-refractivity contribution is 5.96. The number of alkyl halides is 3. The van der Waals surface area contributed by atoms with Crippen LogP contribution in [0.4, 0.5) is 18.9 Å². The molecule has 3 rings (SSSR count). The van der Waals surface area contributed by atoms with Crippen molar-refractivity contribution < 1.29 is 27.2 Å². The summed E-state index contributed by atoms with van der Waals surface area (Å²) in [6, 6.07) is 5.61. The molecule has 1 N–H and O–H groups in total. The van der Waals surface area contributed by atoms with Gasteiger partial charge < -0.3 is 19.5 Å². The van der Waals surface area contributed by atoms with E-state index in [9.17, 15) is 22.8 Å². The van der Waals surface area contributed by atoms with Crippen LogP contribution in [0.5, 0.6) is 0 Å². The first-order valence-corrected chi connectivity index (χ1v) is 9.52. The number of hydrogen-bond acceptors (Lipinski definition) is 5. The van der Waals surface area contributed by atoms with Gasteiger partial charge in [-0.25, -0.2) is 0 Å². The van der Waals surface area contributed by atoms with E-state index in [1.165, 1.54) is 22.9 Å². The second-order valence-corrected chi connectivity index (χ2v) is 7.24. The Hall–Kier alpha value is -3.48. The Labute approximate surface area is 177 Å². The van der Waals surface area contributed by atoms with Gasteiger partial charge in [0.2, 0.25) is 5.91 Å². The summed E-state index contributed by atoms with van der Waals surface area (Å²) in [6.45, 7) is 3.73. The molecule has 7 nitrogen and oxygen atoms in total. The molecule has 0 bridgehead atoms. The van der Waals surface area contributed by atoms with Crippen molar-refractivity contribution >= 4 is 17.5 Å². The number of furan rings is 1. The molecular weight excluding hydrogens is 413 g/mol. The first kappa shape index (κ1) is 22.2. The van der Waals surface area contributed by atoms with Crippen LogP contribution >= 0.6 is 0 Å². The molecule has 1 aromatic carbocycles. The van der Waals surface area contributed by atoms with Crippen molar-refractivity contribution in [2.24, 2.45) is 0 Å². The molecule has 1 aliphatic heterocycles. The number of nitrogens with one attached hydrogen (secondary N) is 1. The van der Waals surface area contributed by atoms with Crippen molar-refractivity contribution in [2.75, 3.05) is 31.6 Å². The highest BCUT2D eigenvalue weighted by atomic mass is 19.4. The van der Waals surface area contributed by atoms with Gasteiger partial charge in [0.15, 0.2) is 0 Å². The Kier molecular flexibility index (Phi) is 5.97. The third-order valence-corrected chi connectivity index (χ3v) is 5.25. The zero-order chi connectivity index (χ0) is 22.9. The second kappa shape index (κ2) is 8.34. The molecular formula is C21H21F3N4O3.